The molecule has 1 aromatic rings. The average molecular weight is 236 g/mol. The van der Waals surface area contributed by atoms with Crippen LogP contribution in [0.25, 0.3) is 0 Å². The molecule has 0 unspecified atom stereocenters. The van der Waals surface area contributed by atoms with Crippen LogP contribution in [-0.4, -0.2) is 39.2 Å². The number of nitrogens with one attached hydrogen (secondary N) is 1. The predicted octanol–water partition coefficient (Wildman–Crippen LogP) is 1.96. The van der Waals surface area contributed by atoms with Crippen LogP contribution in [0.3, 0.4) is 0 Å². The Balaban J connectivity index is 2.75. The van der Waals surface area contributed by atoms with Crippen molar-refractivity contribution < 1.29 is 4.74 Å². The number of hydrogen-bond acceptors (Lipinski definition) is 3. The molecular weight excluding hydrogens is 212 g/mol. The number of nitrogens with zero attached hydrogens (tertiary/aromatic N) is 1. The van der Waals surface area contributed by atoms with Crippen molar-refractivity contribution in [3.63, 3.8) is 0 Å². The standard InChI is InChI=1S/C14H24N2O/c1-11-12(2)14(17-5)7-6-13(11)10-16(4)9-8-15-3/h6-7,15H,8-10H2,1-5H3. The number of ether oxygens (including phenoxy) is 1. The van der Waals surface area contributed by atoms with Crippen molar-refractivity contribution in [3.05, 3.63) is 28.8 Å². The molecule has 1 N–H and O–H groups in total. The molecule has 96 valence electrons. The maximum absolute atomic E-state index is 5.33. The van der Waals surface area contributed by atoms with Crippen molar-refractivity contribution in [3.8, 4) is 5.75 Å². The second kappa shape index (κ2) is 6.62. The Morgan fingerprint density at radius 2 is 1.94 bits per heavy atom. The van der Waals surface area contributed by atoms with Gasteiger partial charge in [-0.05, 0) is 50.7 Å². The van der Waals surface area contributed by atoms with Gasteiger partial charge in [0.05, 0.1) is 7.11 Å². The van der Waals surface area contributed by atoms with E-state index in [0.29, 0.717) is 0 Å². The average Bonchev–Trinajstić information content (AvgIpc) is 2.33. The number of hydrogen-bond donors (Lipinski definition) is 1. The van der Waals surface area contributed by atoms with E-state index in [1.54, 1.807) is 7.11 Å². The Morgan fingerprint density at radius 1 is 1.24 bits per heavy atom. The van der Waals surface area contributed by atoms with E-state index in [4.69, 9.17) is 4.74 Å². The van der Waals surface area contributed by atoms with Crippen LogP contribution in [-0.2, 0) is 6.54 Å². The van der Waals surface area contributed by atoms with E-state index in [-0.39, 0.29) is 0 Å². The molecule has 0 amide bonds. The summed E-state index contributed by atoms with van der Waals surface area (Å²) >= 11 is 0. The molecule has 3 nitrogen and oxygen atoms in total. The van der Waals surface area contributed by atoms with Crippen LogP contribution in [0.4, 0.5) is 0 Å². The Labute approximate surface area is 105 Å². The van der Waals surface area contributed by atoms with E-state index < -0.39 is 0 Å². The summed E-state index contributed by atoms with van der Waals surface area (Å²) in [5.74, 6) is 0.976. The van der Waals surface area contributed by atoms with Crippen molar-refractivity contribution in [2.45, 2.75) is 20.4 Å². The smallest absolute Gasteiger partial charge is 0.122 e. The quantitative estimate of drug-likeness (QED) is 0.817. The summed E-state index contributed by atoms with van der Waals surface area (Å²) in [7, 11) is 5.85. The Kier molecular flexibility index (Phi) is 5.45. The molecule has 0 aliphatic carbocycles. The van der Waals surface area contributed by atoms with E-state index in [1.165, 1.54) is 16.7 Å². The van der Waals surface area contributed by atoms with Gasteiger partial charge in [-0.2, -0.15) is 0 Å². The maximum Gasteiger partial charge on any atom is 0.122 e. The highest BCUT2D eigenvalue weighted by Gasteiger charge is 2.08. The van der Waals surface area contributed by atoms with Crippen LogP contribution in [0, 0.1) is 13.8 Å². The topological polar surface area (TPSA) is 24.5 Å². The monoisotopic (exact) mass is 236 g/mol. The lowest BCUT2D eigenvalue weighted by Gasteiger charge is -2.19. The minimum Gasteiger partial charge on any atom is -0.496 e. The van der Waals surface area contributed by atoms with E-state index >= 15 is 0 Å². The van der Waals surface area contributed by atoms with Gasteiger partial charge in [-0.15, -0.1) is 0 Å². The third kappa shape index (κ3) is 3.72. The van der Waals surface area contributed by atoms with Crippen LogP contribution in [0.5, 0.6) is 5.75 Å². The highest BCUT2D eigenvalue weighted by Crippen LogP contribution is 2.24. The van der Waals surface area contributed by atoms with Crippen LogP contribution in [0.15, 0.2) is 12.1 Å². The van der Waals surface area contributed by atoms with Gasteiger partial charge in [0.1, 0.15) is 5.75 Å². The third-order valence-electron chi connectivity index (χ3n) is 3.25. The molecule has 17 heavy (non-hydrogen) atoms. The van der Waals surface area contributed by atoms with Crippen LogP contribution >= 0.6 is 0 Å². The summed E-state index contributed by atoms with van der Waals surface area (Å²) in [6.07, 6.45) is 0. The van der Waals surface area contributed by atoms with Gasteiger partial charge in [-0.3, -0.25) is 0 Å². The van der Waals surface area contributed by atoms with Crippen molar-refractivity contribution in [1.29, 1.82) is 0 Å². The first-order valence-electron chi connectivity index (χ1n) is 6.06. The molecule has 0 fully saturated rings. The molecule has 1 rings (SSSR count). The first kappa shape index (κ1) is 14.0. The van der Waals surface area contributed by atoms with Crippen molar-refractivity contribution in [2.24, 2.45) is 0 Å². The number of methoxy groups -OCH3 is 1. The zero-order chi connectivity index (χ0) is 12.8. The number of benzene rings is 1. The maximum atomic E-state index is 5.33. The normalized spacial score (nSPS) is 10.9. The zero-order valence-electron chi connectivity index (χ0n) is 11.6. The van der Waals surface area contributed by atoms with Crippen molar-refractivity contribution in [2.75, 3.05) is 34.3 Å². The van der Waals surface area contributed by atoms with Gasteiger partial charge < -0.3 is 15.0 Å². The van der Waals surface area contributed by atoms with Crippen molar-refractivity contribution in [1.82, 2.24) is 10.2 Å². The van der Waals surface area contributed by atoms with Gasteiger partial charge in [0, 0.05) is 19.6 Å². The van der Waals surface area contributed by atoms with Crippen LogP contribution in [0.2, 0.25) is 0 Å². The fourth-order valence-electron chi connectivity index (χ4n) is 1.92. The molecule has 0 radical (unpaired) electrons. The van der Waals surface area contributed by atoms with Crippen LogP contribution < -0.4 is 10.1 Å². The van der Waals surface area contributed by atoms with Crippen LogP contribution in [0.1, 0.15) is 16.7 Å². The zero-order valence-corrected chi connectivity index (χ0v) is 11.6. The molecular formula is C14H24N2O. The Morgan fingerprint density at radius 3 is 2.53 bits per heavy atom. The fourth-order valence-corrected chi connectivity index (χ4v) is 1.92. The highest BCUT2D eigenvalue weighted by atomic mass is 16.5. The van der Waals surface area contributed by atoms with Gasteiger partial charge in [0.2, 0.25) is 0 Å². The summed E-state index contributed by atoms with van der Waals surface area (Å²) in [6, 6.07) is 4.22. The second-order valence-electron chi connectivity index (χ2n) is 4.52. The summed E-state index contributed by atoms with van der Waals surface area (Å²) in [6.45, 7) is 7.34. The van der Waals surface area contributed by atoms with Gasteiger partial charge in [-0.25, -0.2) is 0 Å². The molecule has 0 heterocycles. The molecule has 0 aromatic heterocycles. The molecule has 0 aliphatic heterocycles. The van der Waals surface area contributed by atoms with Gasteiger partial charge in [-0.1, -0.05) is 6.07 Å². The summed E-state index contributed by atoms with van der Waals surface area (Å²) in [4.78, 5) is 2.32. The molecule has 0 atom stereocenters. The molecule has 0 aliphatic rings. The first-order chi connectivity index (χ1) is 8.10. The molecule has 0 saturated carbocycles. The van der Waals surface area contributed by atoms with Gasteiger partial charge in [0.15, 0.2) is 0 Å². The lowest BCUT2D eigenvalue weighted by molar-refractivity contribution is 0.327. The van der Waals surface area contributed by atoms with Gasteiger partial charge in [0.25, 0.3) is 0 Å². The first-order valence-corrected chi connectivity index (χ1v) is 6.06. The second-order valence-corrected chi connectivity index (χ2v) is 4.52. The summed E-state index contributed by atoms with van der Waals surface area (Å²) in [5, 5.41) is 3.17. The largest absolute Gasteiger partial charge is 0.496 e. The van der Waals surface area contributed by atoms with E-state index in [0.717, 1.165) is 25.4 Å². The molecule has 0 saturated heterocycles. The molecule has 1 aromatic carbocycles. The molecule has 0 bridgehead atoms. The van der Waals surface area contributed by atoms with E-state index in [1.807, 2.05) is 7.05 Å². The minimum absolute atomic E-state index is 0.976. The Bertz CT molecular complexity index is 363. The lowest BCUT2D eigenvalue weighted by Crippen LogP contribution is -2.27. The lowest BCUT2D eigenvalue weighted by atomic mass is 10.0. The highest BCUT2D eigenvalue weighted by molar-refractivity contribution is 5.43. The minimum atomic E-state index is 0.976. The van der Waals surface area contributed by atoms with E-state index in [2.05, 4.69) is 43.2 Å². The van der Waals surface area contributed by atoms with Crippen molar-refractivity contribution >= 4 is 0 Å². The predicted molar refractivity (Wildman–Crippen MR) is 72.7 cm³/mol. The fraction of sp³-hybridized carbons (Fsp3) is 0.571. The molecule has 3 heteroatoms. The number of likely N-dealkylation sites (N-methyl/N-ethyl adjacent to an activating group) is 2. The SMILES string of the molecule is CNCCN(C)Cc1ccc(OC)c(C)c1C. The molecule has 0 spiro atoms. The third-order valence-corrected chi connectivity index (χ3v) is 3.25. The Hall–Kier alpha value is -1.06. The summed E-state index contributed by atoms with van der Waals surface area (Å²) < 4.78 is 5.33. The van der Waals surface area contributed by atoms with E-state index in [9.17, 15) is 0 Å². The number of rotatable bonds is 6. The summed E-state index contributed by atoms with van der Waals surface area (Å²) in [5.41, 5.74) is 3.95. The van der Waals surface area contributed by atoms with Gasteiger partial charge >= 0.3 is 0 Å².